The van der Waals surface area contributed by atoms with Gasteiger partial charge in [0.2, 0.25) is 10.0 Å². The lowest BCUT2D eigenvalue weighted by Gasteiger charge is -2.10. The first-order chi connectivity index (χ1) is 8.00. The first-order valence-electron chi connectivity index (χ1n) is 5.37. The fourth-order valence-electron chi connectivity index (χ4n) is 1.67. The minimum absolute atomic E-state index is 0.140. The van der Waals surface area contributed by atoms with Crippen molar-refractivity contribution in [2.75, 3.05) is 0 Å². The summed E-state index contributed by atoms with van der Waals surface area (Å²) < 4.78 is 26.8. The number of nitrogens with one attached hydrogen (secondary N) is 1. The normalized spacial score (nSPS) is 12.2. The third kappa shape index (κ3) is 2.45. The molecule has 2 rings (SSSR count). The van der Waals surface area contributed by atoms with Crippen LogP contribution in [0.15, 0.2) is 41.4 Å². The molecule has 1 aromatic carbocycles. The van der Waals surface area contributed by atoms with Gasteiger partial charge in [0.25, 0.3) is 0 Å². The van der Waals surface area contributed by atoms with Crippen LogP contribution >= 0.6 is 0 Å². The molecule has 1 aromatic heterocycles. The predicted octanol–water partition coefficient (Wildman–Crippen LogP) is 1.92. The molecular formula is C12H14N2O2S. The number of fused-ring (bicyclic) bond motifs is 1. The van der Waals surface area contributed by atoms with Crippen LogP contribution in [0.25, 0.3) is 10.9 Å². The summed E-state index contributed by atoms with van der Waals surface area (Å²) in [5.41, 5.74) is 0.503. The van der Waals surface area contributed by atoms with E-state index in [-0.39, 0.29) is 10.9 Å². The minimum atomic E-state index is -3.50. The molecule has 1 N–H and O–H groups in total. The van der Waals surface area contributed by atoms with Crippen LogP contribution in [0.5, 0.6) is 0 Å². The van der Waals surface area contributed by atoms with Crippen LogP contribution in [0.1, 0.15) is 13.8 Å². The van der Waals surface area contributed by atoms with E-state index in [9.17, 15) is 8.42 Å². The predicted molar refractivity (Wildman–Crippen MR) is 67.2 cm³/mol. The average Bonchev–Trinajstić information content (AvgIpc) is 2.26. The molecule has 0 aliphatic rings. The highest BCUT2D eigenvalue weighted by atomic mass is 32.2. The second-order valence-corrected chi connectivity index (χ2v) is 5.79. The van der Waals surface area contributed by atoms with Gasteiger partial charge < -0.3 is 0 Å². The summed E-state index contributed by atoms with van der Waals surface area (Å²) in [6.07, 6.45) is 1.59. The highest BCUT2D eigenvalue weighted by Gasteiger charge is 2.18. The van der Waals surface area contributed by atoms with Crippen molar-refractivity contribution in [3.8, 4) is 0 Å². The summed E-state index contributed by atoms with van der Waals surface area (Å²) in [5.74, 6) is 0. The summed E-state index contributed by atoms with van der Waals surface area (Å²) in [5, 5.41) is 0.819. The maximum atomic E-state index is 12.1. The number of benzene rings is 1. The lowest BCUT2D eigenvalue weighted by Crippen LogP contribution is -2.30. The molecule has 5 heteroatoms. The molecule has 90 valence electrons. The van der Waals surface area contributed by atoms with Crippen LogP contribution in [-0.2, 0) is 10.0 Å². The molecule has 2 aromatic rings. The van der Waals surface area contributed by atoms with E-state index in [4.69, 9.17) is 0 Å². The molecule has 4 nitrogen and oxygen atoms in total. The highest BCUT2D eigenvalue weighted by molar-refractivity contribution is 7.89. The van der Waals surface area contributed by atoms with Gasteiger partial charge >= 0.3 is 0 Å². The maximum absolute atomic E-state index is 12.1. The van der Waals surface area contributed by atoms with E-state index in [1.807, 2.05) is 12.1 Å². The molecule has 17 heavy (non-hydrogen) atoms. The first kappa shape index (κ1) is 12.0. The second kappa shape index (κ2) is 4.43. The van der Waals surface area contributed by atoms with Gasteiger partial charge in [0.15, 0.2) is 0 Å². The molecule has 0 amide bonds. The largest absolute Gasteiger partial charge is 0.255 e. The maximum Gasteiger partial charge on any atom is 0.242 e. The van der Waals surface area contributed by atoms with Gasteiger partial charge in [0.05, 0.1) is 5.52 Å². The van der Waals surface area contributed by atoms with E-state index >= 15 is 0 Å². The fourth-order valence-corrected chi connectivity index (χ4v) is 3.10. The molecule has 0 atom stereocenters. The number of nitrogens with zero attached hydrogens (tertiary/aromatic N) is 1. The van der Waals surface area contributed by atoms with Gasteiger partial charge in [-0.25, -0.2) is 13.1 Å². The Morgan fingerprint density at radius 2 is 1.88 bits per heavy atom. The van der Waals surface area contributed by atoms with Gasteiger partial charge in [-0.05, 0) is 26.0 Å². The molecule has 1 heterocycles. The Labute approximate surface area is 101 Å². The van der Waals surface area contributed by atoms with E-state index in [0.717, 1.165) is 5.39 Å². The lowest BCUT2D eigenvalue weighted by molar-refractivity contribution is 0.570. The van der Waals surface area contributed by atoms with Crippen molar-refractivity contribution in [2.45, 2.75) is 24.8 Å². The molecular weight excluding hydrogens is 236 g/mol. The van der Waals surface area contributed by atoms with Crippen molar-refractivity contribution in [3.05, 3.63) is 36.5 Å². The quantitative estimate of drug-likeness (QED) is 0.905. The van der Waals surface area contributed by atoms with Crippen molar-refractivity contribution in [3.63, 3.8) is 0 Å². The standard InChI is InChI=1S/C12H14N2O2S/c1-9(2)14-17(15,16)11-7-3-5-10-6-4-8-13-12(10)11/h3-9,14H,1-2H3. The molecule has 0 fully saturated rings. The van der Waals surface area contributed by atoms with Crippen LogP contribution in [0, 0.1) is 0 Å². The Morgan fingerprint density at radius 1 is 1.18 bits per heavy atom. The number of rotatable bonds is 3. The molecule has 0 spiro atoms. The van der Waals surface area contributed by atoms with Crippen LogP contribution in [-0.4, -0.2) is 19.4 Å². The number of aromatic nitrogens is 1. The third-order valence-electron chi connectivity index (χ3n) is 2.28. The zero-order valence-corrected chi connectivity index (χ0v) is 10.5. The van der Waals surface area contributed by atoms with Gasteiger partial charge in [-0.3, -0.25) is 4.98 Å². The average molecular weight is 250 g/mol. The second-order valence-electron chi connectivity index (χ2n) is 4.11. The number of pyridine rings is 1. The smallest absolute Gasteiger partial charge is 0.242 e. The van der Waals surface area contributed by atoms with Crippen LogP contribution in [0.2, 0.25) is 0 Å². The monoisotopic (exact) mass is 250 g/mol. The van der Waals surface area contributed by atoms with Gasteiger partial charge in [0, 0.05) is 17.6 Å². The summed E-state index contributed by atoms with van der Waals surface area (Å²) in [6, 6.07) is 8.63. The van der Waals surface area contributed by atoms with E-state index in [2.05, 4.69) is 9.71 Å². The van der Waals surface area contributed by atoms with Crippen molar-refractivity contribution >= 4 is 20.9 Å². The molecule has 0 bridgehead atoms. The Balaban J connectivity index is 2.63. The molecule has 0 aliphatic carbocycles. The Hall–Kier alpha value is -1.46. The van der Waals surface area contributed by atoms with E-state index < -0.39 is 10.0 Å². The fraction of sp³-hybridized carbons (Fsp3) is 0.250. The number of hydrogen-bond donors (Lipinski definition) is 1. The summed E-state index contributed by atoms with van der Waals surface area (Å²) in [7, 11) is -3.50. The summed E-state index contributed by atoms with van der Waals surface area (Å²) in [6.45, 7) is 3.58. The van der Waals surface area contributed by atoms with E-state index in [1.165, 1.54) is 0 Å². The van der Waals surface area contributed by atoms with Crippen molar-refractivity contribution in [1.29, 1.82) is 0 Å². The van der Waals surface area contributed by atoms with Gasteiger partial charge in [-0.15, -0.1) is 0 Å². The molecule has 0 saturated carbocycles. The number of hydrogen-bond acceptors (Lipinski definition) is 3. The van der Waals surface area contributed by atoms with Crippen molar-refractivity contribution in [2.24, 2.45) is 0 Å². The van der Waals surface area contributed by atoms with E-state index in [0.29, 0.717) is 5.52 Å². The zero-order valence-electron chi connectivity index (χ0n) is 9.71. The molecule has 0 saturated heterocycles. The van der Waals surface area contributed by atoms with Gasteiger partial charge in [0.1, 0.15) is 4.90 Å². The van der Waals surface area contributed by atoms with Crippen molar-refractivity contribution in [1.82, 2.24) is 9.71 Å². The van der Waals surface area contributed by atoms with Crippen LogP contribution in [0.3, 0.4) is 0 Å². The Morgan fingerprint density at radius 3 is 2.59 bits per heavy atom. The first-order valence-corrected chi connectivity index (χ1v) is 6.85. The zero-order chi connectivity index (χ0) is 12.5. The molecule has 0 aliphatic heterocycles. The summed E-state index contributed by atoms with van der Waals surface area (Å²) >= 11 is 0. The van der Waals surface area contributed by atoms with Gasteiger partial charge in [-0.1, -0.05) is 18.2 Å². The molecule has 0 radical (unpaired) electrons. The minimum Gasteiger partial charge on any atom is -0.255 e. The molecule has 0 unspecified atom stereocenters. The SMILES string of the molecule is CC(C)NS(=O)(=O)c1cccc2cccnc12. The Kier molecular flexibility index (Phi) is 3.13. The van der Waals surface area contributed by atoms with E-state index in [1.54, 1.807) is 38.2 Å². The number of sulfonamides is 1. The Bertz CT molecular complexity index is 631. The van der Waals surface area contributed by atoms with Crippen LogP contribution < -0.4 is 4.72 Å². The highest BCUT2D eigenvalue weighted by Crippen LogP contribution is 2.20. The third-order valence-corrected chi connectivity index (χ3v) is 3.97. The summed E-state index contributed by atoms with van der Waals surface area (Å²) in [4.78, 5) is 4.36. The van der Waals surface area contributed by atoms with Gasteiger partial charge in [-0.2, -0.15) is 0 Å². The lowest BCUT2D eigenvalue weighted by atomic mass is 10.2. The topological polar surface area (TPSA) is 59.1 Å². The van der Waals surface area contributed by atoms with Crippen molar-refractivity contribution < 1.29 is 8.42 Å². The number of para-hydroxylation sites is 1. The van der Waals surface area contributed by atoms with Crippen LogP contribution in [0.4, 0.5) is 0 Å².